The van der Waals surface area contributed by atoms with Crippen LogP contribution in [0.5, 0.6) is 0 Å². The Hall–Kier alpha value is -1.22. The van der Waals surface area contributed by atoms with Gasteiger partial charge in [-0.3, -0.25) is 0 Å². The van der Waals surface area contributed by atoms with Crippen molar-refractivity contribution in [1.82, 2.24) is 4.90 Å². The van der Waals surface area contributed by atoms with E-state index in [0.717, 1.165) is 6.54 Å². The number of likely N-dealkylation sites (N-methyl/N-ethyl adjacent to an activating group) is 1. The number of nitrogens with zero attached hydrogens (tertiary/aromatic N) is 2. The van der Waals surface area contributed by atoms with Gasteiger partial charge in [0.2, 0.25) is 0 Å². The number of rotatable bonds is 3. The van der Waals surface area contributed by atoms with Gasteiger partial charge < -0.3 is 15.1 Å². The highest BCUT2D eigenvalue weighted by Crippen LogP contribution is 2.27. The van der Waals surface area contributed by atoms with Crippen LogP contribution in [-0.2, 0) is 0 Å². The molecule has 1 aliphatic rings. The molecule has 3 heteroatoms. The van der Waals surface area contributed by atoms with Crippen molar-refractivity contribution in [1.29, 1.82) is 0 Å². The molecule has 0 bridgehead atoms. The van der Waals surface area contributed by atoms with Crippen molar-refractivity contribution in [2.45, 2.75) is 25.4 Å². The summed E-state index contributed by atoms with van der Waals surface area (Å²) in [5.41, 5.74) is 2.50. The van der Waals surface area contributed by atoms with Crippen molar-refractivity contribution < 1.29 is 0 Å². The highest BCUT2D eigenvalue weighted by molar-refractivity contribution is 5.69. The van der Waals surface area contributed by atoms with Crippen LogP contribution < -0.4 is 10.2 Å². The Bertz CT molecular complexity index is 365. The third-order valence-electron chi connectivity index (χ3n) is 3.63. The van der Waals surface area contributed by atoms with Crippen molar-refractivity contribution in [2.24, 2.45) is 0 Å². The first-order valence-electron chi connectivity index (χ1n) is 6.31. The Labute approximate surface area is 104 Å². The standard InChI is InChI=1S/C14H23N3/c1-11-9-12(10-17(11)4)15-13-7-5-6-8-14(13)16(2)3/h5-8,11-12,15H,9-10H2,1-4H3. The van der Waals surface area contributed by atoms with Gasteiger partial charge in [-0.05, 0) is 32.5 Å². The van der Waals surface area contributed by atoms with Crippen LogP contribution in [-0.4, -0.2) is 44.7 Å². The zero-order valence-corrected chi connectivity index (χ0v) is 11.3. The minimum atomic E-state index is 0.566. The van der Waals surface area contributed by atoms with Gasteiger partial charge in [-0.1, -0.05) is 12.1 Å². The summed E-state index contributed by atoms with van der Waals surface area (Å²) >= 11 is 0. The summed E-state index contributed by atoms with van der Waals surface area (Å²) in [7, 11) is 6.37. The van der Waals surface area contributed by atoms with Crippen LogP contribution in [0.3, 0.4) is 0 Å². The molecule has 2 rings (SSSR count). The summed E-state index contributed by atoms with van der Waals surface area (Å²) in [5, 5.41) is 3.67. The summed E-state index contributed by atoms with van der Waals surface area (Å²) in [6.45, 7) is 3.42. The van der Waals surface area contributed by atoms with Crippen LogP contribution in [0, 0.1) is 0 Å². The van der Waals surface area contributed by atoms with Crippen LogP contribution in [0.2, 0.25) is 0 Å². The zero-order valence-electron chi connectivity index (χ0n) is 11.3. The van der Waals surface area contributed by atoms with Gasteiger partial charge in [0.25, 0.3) is 0 Å². The summed E-state index contributed by atoms with van der Waals surface area (Å²) in [6.07, 6.45) is 1.22. The fourth-order valence-corrected chi connectivity index (χ4v) is 2.50. The minimum absolute atomic E-state index is 0.566. The molecule has 2 atom stereocenters. The molecule has 0 aromatic heterocycles. The maximum Gasteiger partial charge on any atom is 0.0596 e. The van der Waals surface area contributed by atoms with Crippen molar-refractivity contribution in [2.75, 3.05) is 37.9 Å². The lowest BCUT2D eigenvalue weighted by atomic mass is 10.1. The van der Waals surface area contributed by atoms with Gasteiger partial charge in [-0.2, -0.15) is 0 Å². The predicted molar refractivity (Wildman–Crippen MR) is 74.9 cm³/mol. The molecule has 0 spiro atoms. The predicted octanol–water partition coefficient (Wildman–Crippen LogP) is 2.26. The van der Waals surface area contributed by atoms with E-state index in [4.69, 9.17) is 0 Å². The van der Waals surface area contributed by atoms with E-state index >= 15 is 0 Å². The third kappa shape index (κ3) is 2.72. The molecule has 94 valence electrons. The number of nitrogens with one attached hydrogen (secondary N) is 1. The number of likely N-dealkylation sites (tertiary alicyclic amines) is 1. The van der Waals surface area contributed by atoms with Gasteiger partial charge in [-0.15, -0.1) is 0 Å². The Morgan fingerprint density at radius 2 is 2.00 bits per heavy atom. The molecule has 3 nitrogen and oxygen atoms in total. The molecule has 1 aromatic carbocycles. The molecular weight excluding hydrogens is 210 g/mol. The van der Waals surface area contributed by atoms with Crippen LogP contribution in [0.15, 0.2) is 24.3 Å². The summed E-state index contributed by atoms with van der Waals surface area (Å²) < 4.78 is 0. The smallest absolute Gasteiger partial charge is 0.0596 e. The van der Waals surface area contributed by atoms with Gasteiger partial charge in [-0.25, -0.2) is 0 Å². The van der Waals surface area contributed by atoms with Gasteiger partial charge in [0.05, 0.1) is 11.4 Å². The molecule has 1 saturated heterocycles. The Kier molecular flexibility index (Phi) is 3.57. The second kappa shape index (κ2) is 4.96. The molecule has 2 unspecified atom stereocenters. The molecule has 1 N–H and O–H groups in total. The average Bonchev–Trinajstić information content (AvgIpc) is 2.58. The van der Waals surface area contributed by atoms with Crippen LogP contribution in [0.4, 0.5) is 11.4 Å². The normalized spacial score (nSPS) is 24.9. The molecule has 1 fully saturated rings. The number of benzene rings is 1. The maximum atomic E-state index is 3.67. The molecule has 0 saturated carbocycles. The van der Waals surface area contributed by atoms with E-state index in [1.165, 1.54) is 17.8 Å². The fourth-order valence-electron chi connectivity index (χ4n) is 2.50. The molecular formula is C14H23N3. The Morgan fingerprint density at radius 1 is 1.29 bits per heavy atom. The van der Waals surface area contributed by atoms with Crippen molar-refractivity contribution in [3.63, 3.8) is 0 Å². The van der Waals surface area contributed by atoms with Crippen molar-refractivity contribution >= 4 is 11.4 Å². The molecule has 1 heterocycles. The average molecular weight is 233 g/mol. The molecule has 17 heavy (non-hydrogen) atoms. The van der Waals surface area contributed by atoms with Crippen LogP contribution in [0.25, 0.3) is 0 Å². The maximum absolute atomic E-state index is 3.67. The lowest BCUT2D eigenvalue weighted by molar-refractivity contribution is 0.330. The molecule has 0 radical (unpaired) electrons. The second-order valence-electron chi connectivity index (χ2n) is 5.28. The van der Waals surface area contributed by atoms with E-state index < -0.39 is 0 Å². The SMILES string of the molecule is CC1CC(Nc2ccccc2N(C)C)CN1C. The molecule has 0 aliphatic carbocycles. The highest BCUT2D eigenvalue weighted by Gasteiger charge is 2.26. The lowest BCUT2D eigenvalue weighted by Crippen LogP contribution is -2.25. The zero-order chi connectivity index (χ0) is 12.4. The van der Waals surface area contributed by atoms with Crippen molar-refractivity contribution in [3.05, 3.63) is 24.3 Å². The van der Waals surface area contributed by atoms with E-state index in [0.29, 0.717) is 12.1 Å². The number of hydrogen-bond donors (Lipinski definition) is 1. The molecule has 1 aromatic rings. The topological polar surface area (TPSA) is 18.5 Å². The minimum Gasteiger partial charge on any atom is -0.379 e. The fraction of sp³-hybridized carbons (Fsp3) is 0.571. The van der Waals surface area contributed by atoms with Crippen LogP contribution in [0.1, 0.15) is 13.3 Å². The number of para-hydroxylation sites is 2. The van der Waals surface area contributed by atoms with Gasteiger partial charge in [0.1, 0.15) is 0 Å². The molecule has 0 amide bonds. The highest BCUT2D eigenvalue weighted by atomic mass is 15.2. The van der Waals surface area contributed by atoms with Crippen LogP contribution >= 0.6 is 0 Å². The third-order valence-corrected chi connectivity index (χ3v) is 3.63. The van der Waals surface area contributed by atoms with E-state index in [1.807, 2.05) is 0 Å². The first kappa shape index (κ1) is 12.2. The van der Waals surface area contributed by atoms with Gasteiger partial charge in [0.15, 0.2) is 0 Å². The second-order valence-corrected chi connectivity index (χ2v) is 5.28. The first-order valence-corrected chi connectivity index (χ1v) is 6.31. The van der Waals surface area contributed by atoms with E-state index in [9.17, 15) is 0 Å². The number of hydrogen-bond acceptors (Lipinski definition) is 3. The van der Waals surface area contributed by atoms with E-state index in [1.54, 1.807) is 0 Å². The Morgan fingerprint density at radius 3 is 2.59 bits per heavy atom. The van der Waals surface area contributed by atoms with Crippen molar-refractivity contribution in [3.8, 4) is 0 Å². The monoisotopic (exact) mass is 233 g/mol. The summed E-state index contributed by atoms with van der Waals surface area (Å²) in [4.78, 5) is 4.57. The largest absolute Gasteiger partial charge is 0.379 e. The quantitative estimate of drug-likeness (QED) is 0.864. The lowest BCUT2D eigenvalue weighted by Gasteiger charge is -2.21. The Balaban J connectivity index is 2.09. The first-order chi connectivity index (χ1) is 8.08. The van der Waals surface area contributed by atoms with Gasteiger partial charge in [0, 0.05) is 32.7 Å². The summed E-state index contributed by atoms with van der Waals surface area (Å²) in [5.74, 6) is 0. The van der Waals surface area contributed by atoms with E-state index in [2.05, 4.69) is 67.4 Å². The number of anilines is 2. The molecule has 1 aliphatic heterocycles. The van der Waals surface area contributed by atoms with Gasteiger partial charge >= 0.3 is 0 Å². The van der Waals surface area contributed by atoms with E-state index in [-0.39, 0.29) is 0 Å². The summed E-state index contributed by atoms with van der Waals surface area (Å²) in [6, 6.07) is 9.75.